The highest BCUT2D eigenvalue weighted by Crippen LogP contribution is 2.39. The van der Waals surface area contributed by atoms with Crippen LogP contribution in [-0.4, -0.2) is 100 Å². The Morgan fingerprint density at radius 2 is 1.37 bits per heavy atom. The van der Waals surface area contributed by atoms with E-state index in [1.165, 1.54) is 6.07 Å². The van der Waals surface area contributed by atoms with Crippen LogP contribution in [0.2, 0.25) is 0 Å². The molecule has 2 heterocycles. The van der Waals surface area contributed by atoms with Crippen molar-refractivity contribution in [1.82, 2.24) is 31.2 Å². The van der Waals surface area contributed by atoms with Gasteiger partial charge in [-0.05, 0) is 95.9 Å². The van der Waals surface area contributed by atoms with E-state index in [0.717, 1.165) is 42.2 Å². The molecule has 4 aromatic rings. The number of rotatable bonds is 17. The summed E-state index contributed by atoms with van der Waals surface area (Å²) in [6.45, 7) is 11.5. The van der Waals surface area contributed by atoms with E-state index in [4.69, 9.17) is 15.2 Å². The monoisotopic (exact) mass is 918 g/mol. The second kappa shape index (κ2) is 22.4. The molecule has 2 aliphatic rings. The van der Waals surface area contributed by atoms with Crippen molar-refractivity contribution >= 4 is 46.6 Å². The highest BCUT2D eigenvalue weighted by Gasteiger charge is 2.44. The molecule has 1 saturated carbocycles. The topological polar surface area (TPSA) is 211 Å². The number of alkyl carbamates (subject to hydrolysis) is 1. The predicted molar refractivity (Wildman–Crippen MR) is 255 cm³/mol. The maximum absolute atomic E-state index is 14.8. The summed E-state index contributed by atoms with van der Waals surface area (Å²) in [7, 11) is 0. The lowest BCUT2D eigenvalue weighted by atomic mass is 9.72. The third kappa shape index (κ3) is 15.1. The smallest absolute Gasteiger partial charge is 0.408 e. The molecular formula is C52H67N7O8. The van der Waals surface area contributed by atoms with Gasteiger partial charge in [0.15, 0.2) is 0 Å². The molecule has 3 aromatic carbocycles. The molecule has 1 aliphatic heterocycles. The molecule has 1 aromatic heterocycles. The van der Waals surface area contributed by atoms with E-state index in [9.17, 15) is 28.8 Å². The number of hydrogen-bond donors (Lipinski definition) is 5. The molecule has 0 bridgehead atoms. The Morgan fingerprint density at radius 3 is 2.01 bits per heavy atom. The molecule has 15 heteroatoms. The molecule has 67 heavy (non-hydrogen) atoms. The zero-order chi connectivity index (χ0) is 48.3. The van der Waals surface area contributed by atoms with Crippen molar-refractivity contribution in [3.8, 4) is 0 Å². The van der Waals surface area contributed by atoms with Crippen LogP contribution in [0.1, 0.15) is 102 Å². The first-order valence-corrected chi connectivity index (χ1v) is 23.4. The number of nitrogens with two attached hydrogens (primary N) is 1. The van der Waals surface area contributed by atoms with Gasteiger partial charge in [0.1, 0.15) is 29.5 Å². The van der Waals surface area contributed by atoms with Crippen LogP contribution in [0.3, 0.4) is 0 Å². The molecule has 358 valence electrons. The SMILES string of the molecule is CC(C)(C)NC(=O)[C@@H]1CC2CCCC[C@@H]2CN1C[C@@H](OC(=O)[C@H](Cc1ccccc1)NC(=O)OC(C)(C)C)[C@H](Cc1ccccc1)NC(=O)[C@H](CC(N)=O)NC(=O)c1ccc2ccccc2n1. The normalized spacial score (nSPS) is 19.3. The van der Waals surface area contributed by atoms with Crippen LogP contribution in [0.5, 0.6) is 0 Å². The van der Waals surface area contributed by atoms with Crippen molar-refractivity contribution in [2.45, 2.75) is 134 Å². The number of carbonyl (C=O) groups excluding carboxylic acids is 6. The fraction of sp³-hybridized carbons (Fsp3) is 0.481. The number of aromatic nitrogens is 1. The highest BCUT2D eigenvalue weighted by molar-refractivity contribution is 5.99. The minimum absolute atomic E-state index is 0.0211. The lowest BCUT2D eigenvalue weighted by molar-refractivity contribution is -0.156. The summed E-state index contributed by atoms with van der Waals surface area (Å²) < 4.78 is 12.2. The number of hydrogen-bond acceptors (Lipinski definition) is 10. The van der Waals surface area contributed by atoms with E-state index < -0.39 is 77.6 Å². The van der Waals surface area contributed by atoms with E-state index in [2.05, 4.69) is 31.2 Å². The molecule has 6 rings (SSSR count). The standard InChI is InChI=1S/C52H67N7O8/c1-51(2,3)58-48(63)43-29-36-22-13-14-23-37(36)31-59(43)32-44(66-49(64)42(28-34-19-11-8-12-20-34)57-50(65)67-52(4,5)6)40(27-33-17-9-7-10-18-33)55-47(62)41(30-45(53)60)56-46(61)39-26-25-35-21-15-16-24-38(35)54-39/h7-12,15-21,24-26,36-37,40-44H,13-14,22-23,27-32H2,1-6H3,(H2,53,60)(H,55,62)(H,56,61)(H,57,65)(H,58,63)/t36?,37-,40+,41+,42+,43+,44-/m1/s1. The Labute approximate surface area is 393 Å². The first-order chi connectivity index (χ1) is 31.8. The fourth-order valence-corrected chi connectivity index (χ4v) is 9.09. The maximum atomic E-state index is 14.8. The Bertz CT molecular complexity index is 2350. The number of para-hydroxylation sites is 1. The van der Waals surface area contributed by atoms with Crippen LogP contribution in [0.4, 0.5) is 4.79 Å². The molecule has 5 amide bonds. The Kier molecular flexibility index (Phi) is 16.8. The third-order valence-corrected chi connectivity index (χ3v) is 12.2. The number of esters is 1. The van der Waals surface area contributed by atoms with Crippen LogP contribution >= 0.6 is 0 Å². The number of benzene rings is 3. The molecule has 0 spiro atoms. The number of nitrogens with one attached hydrogen (secondary N) is 4. The van der Waals surface area contributed by atoms with Gasteiger partial charge in [0.2, 0.25) is 17.7 Å². The maximum Gasteiger partial charge on any atom is 0.408 e. The highest BCUT2D eigenvalue weighted by atomic mass is 16.6. The average molecular weight is 918 g/mol. The summed E-state index contributed by atoms with van der Waals surface area (Å²) in [6, 6.07) is 24.8. The van der Waals surface area contributed by atoms with E-state index >= 15 is 0 Å². The second-order valence-electron chi connectivity index (χ2n) is 20.0. The minimum Gasteiger partial charge on any atom is -0.457 e. The van der Waals surface area contributed by atoms with Crippen LogP contribution in [-0.2, 0) is 41.5 Å². The molecule has 1 aliphatic carbocycles. The summed E-state index contributed by atoms with van der Waals surface area (Å²) in [5.41, 5.74) is 6.43. The lowest BCUT2D eigenvalue weighted by Crippen LogP contribution is -2.62. The molecule has 1 unspecified atom stereocenters. The van der Waals surface area contributed by atoms with Gasteiger partial charge in [-0.1, -0.05) is 104 Å². The van der Waals surface area contributed by atoms with Gasteiger partial charge in [-0.2, -0.15) is 0 Å². The number of carbonyl (C=O) groups is 6. The predicted octanol–water partition coefficient (Wildman–Crippen LogP) is 5.78. The van der Waals surface area contributed by atoms with Crippen molar-refractivity contribution < 1.29 is 38.2 Å². The number of fused-ring (bicyclic) bond motifs is 2. The van der Waals surface area contributed by atoms with Gasteiger partial charge < -0.3 is 36.5 Å². The Morgan fingerprint density at radius 1 is 0.746 bits per heavy atom. The fourth-order valence-electron chi connectivity index (χ4n) is 9.09. The summed E-state index contributed by atoms with van der Waals surface area (Å²) in [5.74, 6) is -2.60. The summed E-state index contributed by atoms with van der Waals surface area (Å²) >= 11 is 0. The number of ether oxygens (including phenoxy) is 2. The summed E-state index contributed by atoms with van der Waals surface area (Å²) in [4.78, 5) is 90.0. The van der Waals surface area contributed by atoms with E-state index in [-0.39, 0.29) is 31.0 Å². The molecule has 6 N–H and O–H groups in total. The van der Waals surface area contributed by atoms with Gasteiger partial charge in [0.05, 0.1) is 24.0 Å². The minimum atomic E-state index is -1.45. The average Bonchev–Trinajstić information content (AvgIpc) is 3.27. The van der Waals surface area contributed by atoms with Gasteiger partial charge in [0.25, 0.3) is 5.91 Å². The van der Waals surface area contributed by atoms with Crippen molar-refractivity contribution in [2.24, 2.45) is 17.6 Å². The zero-order valence-electron chi connectivity index (χ0n) is 39.6. The van der Waals surface area contributed by atoms with Crippen LogP contribution < -0.4 is 27.0 Å². The first kappa shape index (κ1) is 50.1. The zero-order valence-corrected chi connectivity index (χ0v) is 39.6. The lowest BCUT2D eigenvalue weighted by Gasteiger charge is -2.47. The third-order valence-electron chi connectivity index (χ3n) is 12.2. The number of amides is 5. The second-order valence-corrected chi connectivity index (χ2v) is 20.0. The van der Waals surface area contributed by atoms with Gasteiger partial charge in [0, 0.05) is 30.4 Å². The molecule has 1 saturated heterocycles. The van der Waals surface area contributed by atoms with Crippen LogP contribution in [0.25, 0.3) is 10.9 Å². The van der Waals surface area contributed by atoms with Gasteiger partial charge in [-0.25, -0.2) is 14.6 Å². The van der Waals surface area contributed by atoms with Crippen molar-refractivity contribution in [3.05, 3.63) is 114 Å². The Hall–Kier alpha value is -6.35. The van der Waals surface area contributed by atoms with Crippen molar-refractivity contribution in [3.63, 3.8) is 0 Å². The van der Waals surface area contributed by atoms with E-state index in [0.29, 0.717) is 30.3 Å². The first-order valence-electron chi connectivity index (χ1n) is 23.4. The van der Waals surface area contributed by atoms with Gasteiger partial charge >= 0.3 is 12.1 Å². The van der Waals surface area contributed by atoms with Crippen LogP contribution in [0.15, 0.2) is 97.1 Å². The van der Waals surface area contributed by atoms with E-state index in [1.54, 1.807) is 39.0 Å². The summed E-state index contributed by atoms with van der Waals surface area (Å²) in [6.07, 6.45) is 2.45. The number of primary amides is 1. The molecule has 2 fully saturated rings. The number of nitrogens with zero attached hydrogens (tertiary/aromatic N) is 2. The van der Waals surface area contributed by atoms with E-state index in [1.807, 2.05) is 93.6 Å². The van der Waals surface area contributed by atoms with Crippen molar-refractivity contribution in [1.29, 1.82) is 0 Å². The van der Waals surface area contributed by atoms with Gasteiger partial charge in [-0.15, -0.1) is 0 Å². The molecule has 0 radical (unpaired) electrons. The summed E-state index contributed by atoms with van der Waals surface area (Å²) in [5, 5.41) is 12.5. The Balaban J connectivity index is 1.39. The number of likely N-dealkylation sites (tertiary alicyclic amines) is 1. The quantitative estimate of drug-likeness (QED) is 0.0807. The van der Waals surface area contributed by atoms with Gasteiger partial charge in [-0.3, -0.25) is 24.1 Å². The molecule has 7 atom stereocenters. The van der Waals surface area contributed by atoms with Crippen molar-refractivity contribution in [2.75, 3.05) is 13.1 Å². The number of pyridine rings is 1. The number of piperidine rings is 1. The largest absolute Gasteiger partial charge is 0.457 e. The molecule has 15 nitrogen and oxygen atoms in total. The molecular weight excluding hydrogens is 851 g/mol. The van der Waals surface area contributed by atoms with Crippen LogP contribution in [0, 0.1) is 11.8 Å².